The number of benzene rings is 1. The van der Waals surface area contributed by atoms with E-state index in [0.717, 1.165) is 35.8 Å². The summed E-state index contributed by atoms with van der Waals surface area (Å²) in [4.78, 5) is 11.9. The molecule has 19 heavy (non-hydrogen) atoms. The number of hydrogen-bond donors (Lipinski definition) is 2. The number of carbonyl (C=O) groups excluding carboxylic acids is 1. The van der Waals surface area contributed by atoms with Gasteiger partial charge in [-0.05, 0) is 65.7 Å². The smallest absolute Gasteiger partial charge is 0.243 e. The molecule has 0 heterocycles. The number of primary amides is 1. The lowest BCUT2D eigenvalue weighted by Gasteiger charge is -2.38. The Labute approximate surface area is 127 Å². The van der Waals surface area contributed by atoms with Crippen LogP contribution in [0.5, 0.6) is 0 Å². The fourth-order valence-electron chi connectivity index (χ4n) is 2.54. The fourth-order valence-corrected chi connectivity index (χ4v) is 3.03. The van der Waals surface area contributed by atoms with E-state index in [1.54, 1.807) is 6.07 Å². The second kappa shape index (κ2) is 5.71. The van der Waals surface area contributed by atoms with Crippen molar-refractivity contribution in [1.82, 2.24) is 0 Å². The van der Waals surface area contributed by atoms with E-state index in [1.165, 1.54) is 0 Å². The van der Waals surface area contributed by atoms with Crippen LogP contribution in [-0.4, -0.2) is 11.4 Å². The van der Waals surface area contributed by atoms with Crippen molar-refractivity contribution < 1.29 is 4.79 Å². The summed E-state index contributed by atoms with van der Waals surface area (Å²) in [5, 5.41) is 3.97. The third kappa shape index (κ3) is 3.23. The first kappa shape index (κ1) is 14.7. The Morgan fingerprint density at radius 3 is 2.63 bits per heavy atom. The third-order valence-corrected chi connectivity index (χ3v) is 5.12. The van der Waals surface area contributed by atoms with Gasteiger partial charge in [-0.25, -0.2) is 0 Å². The van der Waals surface area contributed by atoms with Crippen molar-refractivity contribution in [1.29, 1.82) is 0 Å². The standard InChI is InChI=1S/C14H18BrClN2O/c1-9-4-6-14(7-5-9,13(17)19)18-10-2-3-12(16)11(15)8-10/h2-3,8-9,18H,4-7H2,1H3,(H2,17,19). The molecular formula is C14H18BrClN2O. The second-order valence-electron chi connectivity index (χ2n) is 5.38. The van der Waals surface area contributed by atoms with Crippen molar-refractivity contribution in [2.24, 2.45) is 11.7 Å². The molecule has 104 valence electrons. The van der Waals surface area contributed by atoms with Crippen molar-refractivity contribution >= 4 is 39.1 Å². The number of anilines is 1. The first-order chi connectivity index (χ1) is 8.93. The van der Waals surface area contributed by atoms with Crippen LogP contribution in [-0.2, 0) is 4.79 Å². The van der Waals surface area contributed by atoms with Gasteiger partial charge in [-0.15, -0.1) is 0 Å². The molecule has 1 fully saturated rings. The van der Waals surface area contributed by atoms with Gasteiger partial charge in [0.25, 0.3) is 0 Å². The van der Waals surface area contributed by atoms with Gasteiger partial charge in [0.05, 0.1) is 5.02 Å². The monoisotopic (exact) mass is 344 g/mol. The van der Waals surface area contributed by atoms with Gasteiger partial charge < -0.3 is 11.1 Å². The molecule has 1 amide bonds. The summed E-state index contributed by atoms with van der Waals surface area (Å²) in [5.74, 6) is 0.386. The highest BCUT2D eigenvalue weighted by Gasteiger charge is 2.39. The maximum Gasteiger partial charge on any atom is 0.243 e. The van der Waals surface area contributed by atoms with Crippen molar-refractivity contribution in [3.8, 4) is 0 Å². The lowest BCUT2D eigenvalue weighted by molar-refractivity contribution is -0.123. The Balaban J connectivity index is 2.21. The molecule has 0 radical (unpaired) electrons. The summed E-state index contributed by atoms with van der Waals surface area (Å²) in [7, 11) is 0. The molecule has 1 saturated carbocycles. The van der Waals surface area contributed by atoms with Crippen LogP contribution >= 0.6 is 27.5 Å². The molecule has 0 aromatic heterocycles. The summed E-state index contributed by atoms with van der Waals surface area (Å²) < 4.78 is 0.808. The van der Waals surface area contributed by atoms with E-state index in [2.05, 4.69) is 28.2 Å². The minimum absolute atomic E-state index is 0.273. The van der Waals surface area contributed by atoms with Gasteiger partial charge >= 0.3 is 0 Å². The SMILES string of the molecule is CC1CCC(Nc2ccc(Cl)c(Br)c2)(C(N)=O)CC1. The first-order valence-corrected chi connectivity index (χ1v) is 7.63. The normalized spacial score (nSPS) is 27.0. The van der Waals surface area contributed by atoms with E-state index >= 15 is 0 Å². The summed E-state index contributed by atoms with van der Waals surface area (Å²) in [6.45, 7) is 2.21. The van der Waals surface area contributed by atoms with Gasteiger partial charge in [-0.2, -0.15) is 0 Å². The average Bonchev–Trinajstić information content (AvgIpc) is 2.37. The molecule has 0 bridgehead atoms. The van der Waals surface area contributed by atoms with Gasteiger partial charge in [0.15, 0.2) is 0 Å². The molecule has 0 spiro atoms. The quantitative estimate of drug-likeness (QED) is 0.871. The number of hydrogen-bond acceptors (Lipinski definition) is 2. The van der Waals surface area contributed by atoms with E-state index in [9.17, 15) is 4.79 Å². The number of carbonyl (C=O) groups is 1. The molecule has 1 aromatic rings. The molecule has 3 N–H and O–H groups in total. The molecule has 3 nitrogen and oxygen atoms in total. The molecule has 5 heteroatoms. The molecule has 0 unspecified atom stereocenters. The van der Waals surface area contributed by atoms with E-state index in [-0.39, 0.29) is 5.91 Å². The number of rotatable bonds is 3. The summed E-state index contributed by atoms with van der Waals surface area (Å²) in [6.07, 6.45) is 3.60. The maximum absolute atomic E-state index is 11.9. The highest BCUT2D eigenvalue weighted by Crippen LogP contribution is 2.35. The van der Waals surface area contributed by atoms with Crippen molar-refractivity contribution in [3.63, 3.8) is 0 Å². The zero-order valence-electron chi connectivity index (χ0n) is 10.9. The van der Waals surface area contributed by atoms with Crippen LogP contribution in [0.25, 0.3) is 0 Å². The Kier molecular flexibility index (Phi) is 4.41. The fraction of sp³-hybridized carbons (Fsp3) is 0.500. The number of amides is 1. The number of halogens is 2. The second-order valence-corrected chi connectivity index (χ2v) is 6.64. The van der Waals surface area contributed by atoms with Crippen LogP contribution in [0.1, 0.15) is 32.6 Å². The van der Waals surface area contributed by atoms with Crippen molar-refractivity contribution in [2.45, 2.75) is 38.1 Å². The van der Waals surface area contributed by atoms with Crippen molar-refractivity contribution in [2.75, 3.05) is 5.32 Å². The first-order valence-electron chi connectivity index (χ1n) is 6.46. The maximum atomic E-state index is 11.9. The van der Waals surface area contributed by atoms with Crippen LogP contribution in [0.2, 0.25) is 5.02 Å². The van der Waals surface area contributed by atoms with Crippen LogP contribution in [0.15, 0.2) is 22.7 Å². The highest BCUT2D eigenvalue weighted by atomic mass is 79.9. The van der Waals surface area contributed by atoms with Gasteiger partial charge in [-0.3, -0.25) is 4.79 Å². The Morgan fingerprint density at radius 2 is 2.11 bits per heavy atom. The van der Waals surface area contributed by atoms with Crippen LogP contribution < -0.4 is 11.1 Å². The predicted molar refractivity (Wildman–Crippen MR) is 82.3 cm³/mol. The highest BCUT2D eigenvalue weighted by molar-refractivity contribution is 9.10. The Morgan fingerprint density at radius 1 is 1.47 bits per heavy atom. The van der Waals surface area contributed by atoms with Gasteiger partial charge in [0.2, 0.25) is 5.91 Å². The molecule has 0 atom stereocenters. The summed E-state index contributed by atoms with van der Waals surface area (Å²) >= 11 is 9.36. The van der Waals surface area contributed by atoms with E-state index in [1.807, 2.05) is 12.1 Å². The third-order valence-electron chi connectivity index (χ3n) is 3.90. The predicted octanol–water partition coefficient (Wildman–Crippen LogP) is 3.95. The number of nitrogens with two attached hydrogens (primary N) is 1. The Hall–Kier alpha value is -0.740. The largest absolute Gasteiger partial charge is 0.371 e. The molecular weight excluding hydrogens is 328 g/mol. The minimum Gasteiger partial charge on any atom is -0.371 e. The molecule has 1 aliphatic carbocycles. The zero-order valence-corrected chi connectivity index (χ0v) is 13.2. The molecule has 1 aromatic carbocycles. The van der Waals surface area contributed by atoms with Gasteiger partial charge in [0, 0.05) is 10.2 Å². The van der Waals surface area contributed by atoms with Crippen LogP contribution in [0, 0.1) is 5.92 Å². The number of nitrogens with one attached hydrogen (secondary N) is 1. The molecule has 2 rings (SSSR count). The topological polar surface area (TPSA) is 55.1 Å². The molecule has 0 aliphatic heterocycles. The van der Waals surface area contributed by atoms with E-state index in [4.69, 9.17) is 17.3 Å². The Bertz CT molecular complexity index is 484. The average molecular weight is 346 g/mol. The zero-order chi connectivity index (χ0) is 14.0. The summed E-state index contributed by atoms with van der Waals surface area (Å²) in [5.41, 5.74) is 5.86. The van der Waals surface area contributed by atoms with Crippen LogP contribution in [0.3, 0.4) is 0 Å². The lowest BCUT2D eigenvalue weighted by Crippen LogP contribution is -2.52. The minimum atomic E-state index is -0.625. The van der Waals surface area contributed by atoms with Crippen molar-refractivity contribution in [3.05, 3.63) is 27.7 Å². The molecule has 0 saturated heterocycles. The molecule has 1 aliphatic rings. The lowest BCUT2D eigenvalue weighted by atomic mass is 9.76. The van der Waals surface area contributed by atoms with E-state index in [0.29, 0.717) is 10.9 Å². The van der Waals surface area contributed by atoms with Gasteiger partial charge in [0.1, 0.15) is 5.54 Å². The van der Waals surface area contributed by atoms with E-state index < -0.39 is 5.54 Å². The summed E-state index contributed by atoms with van der Waals surface area (Å²) in [6, 6.07) is 5.55. The van der Waals surface area contributed by atoms with Gasteiger partial charge in [-0.1, -0.05) is 18.5 Å². The van der Waals surface area contributed by atoms with Crippen LogP contribution in [0.4, 0.5) is 5.69 Å².